The van der Waals surface area contributed by atoms with E-state index >= 15 is 0 Å². The van der Waals surface area contributed by atoms with Gasteiger partial charge in [-0.15, -0.1) is 0 Å². The molecule has 0 saturated heterocycles. The van der Waals surface area contributed by atoms with Crippen molar-refractivity contribution in [2.75, 3.05) is 16.8 Å². The zero-order valence-electron chi connectivity index (χ0n) is 10.2. The van der Waals surface area contributed by atoms with Crippen molar-refractivity contribution in [3.8, 4) is 0 Å². The second kappa shape index (κ2) is 5.08. The van der Waals surface area contributed by atoms with Crippen LogP contribution in [0.1, 0.15) is 19.8 Å². The summed E-state index contributed by atoms with van der Waals surface area (Å²) in [6, 6.07) is 7.47. The van der Waals surface area contributed by atoms with Gasteiger partial charge in [-0.1, -0.05) is 12.1 Å². The standard InChI is InChI=1S/C13H16N2O3/c1-9-8-12(16)14-10-4-2-3-5-11(10)15(9)7-6-13(17)18/h2-5,9H,6-8H2,1H3,(H,14,16)(H,17,18)/t9-/m1/s1. The molecule has 0 radical (unpaired) electrons. The first-order chi connectivity index (χ1) is 8.58. The molecule has 0 aromatic heterocycles. The normalized spacial score (nSPS) is 18.8. The number of benzene rings is 1. The van der Waals surface area contributed by atoms with Crippen molar-refractivity contribution in [2.24, 2.45) is 0 Å². The summed E-state index contributed by atoms with van der Waals surface area (Å²) in [6.45, 7) is 2.34. The molecule has 1 aromatic carbocycles. The van der Waals surface area contributed by atoms with Crippen LogP contribution >= 0.6 is 0 Å². The van der Waals surface area contributed by atoms with Gasteiger partial charge in [-0.05, 0) is 19.1 Å². The molecule has 1 aliphatic rings. The van der Waals surface area contributed by atoms with E-state index in [-0.39, 0.29) is 18.4 Å². The van der Waals surface area contributed by atoms with E-state index in [1.165, 1.54) is 0 Å². The molecule has 1 heterocycles. The summed E-state index contributed by atoms with van der Waals surface area (Å²) >= 11 is 0. The van der Waals surface area contributed by atoms with Gasteiger partial charge >= 0.3 is 5.97 Å². The number of carboxylic acids is 1. The van der Waals surface area contributed by atoms with Gasteiger partial charge in [-0.3, -0.25) is 9.59 Å². The summed E-state index contributed by atoms with van der Waals surface area (Å²) in [4.78, 5) is 24.4. The summed E-state index contributed by atoms with van der Waals surface area (Å²) in [6.07, 6.45) is 0.432. The smallest absolute Gasteiger partial charge is 0.305 e. The Labute approximate surface area is 105 Å². The first-order valence-electron chi connectivity index (χ1n) is 5.95. The molecule has 1 aromatic rings. The third-order valence-corrected chi connectivity index (χ3v) is 3.07. The lowest BCUT2D eigenvalue weighted by Crippen LogP contribution is -2.35. The lowest BCUT2D eigenvalue weighted by atomic mass is 10.1. The number of rotatable bonds is 3. The minimum Gasteiger partial charge on any atom is -0.481 e. The number of amides is 1. The summed E-state index contributed by atoms with van der Waals surface area (Å²) in [5.41, 5.74) is 1.63. The van der Waals surface area contributed by atoms with Crippen LogP contribution in [0.2, 0.25) is 0 Å². The highest BCUT2D eigenvalue weighted by molar-refractivity contribution is 5.96. The Balaban J connectivity index is 2.30. The average molecular weight is 248 g/mol. The molecule has 1 aliphatic heterocycles. The van der Waals surface area contributed by atoms with Crippen molar-refractivity contribution >= 4 is 23.3 Å². The maximum atomic E-state index is 11.7. The van der Waals surface area contributed by atoms with E-state index in [0.29, 0.717) is 13.0 Å². The fourth-order valence-corrected chi connectivity index (χ4v) is 2.20. The third-order valence-electron chi connectivity index (χ3n) is 3.07. The van der Waals surface area contributed by atoms with E-state index in [2.05, 4.69) is 5.32 Å². The Kier molecular flexibility index (Phi) is 3.50. The zero-order chi connectivity index (χ0) is 13.1. The molecule has 96 valence electrons. The van der Waals surface area contributed by atoms with Gasteiger partial charge in [0, 0.05) is 19.0 Å². The van der Waals surface area contributed by atoms with Crippen molar-refractivity contribution in [3.63, 3.8) is 0 Å². The zero-order valence-corrected chi connectivity index (χ0v) is 10.2. The molecule has 1 amide bonds. The van der Waals surface area contributed by atoms with Gasteiger partial charge in [0.15, 0.2) is 0 Å². The second-order valence-electron chi connectivity index (χ2n) is 4.46. The molecule has 5 heteroatoms. The van der Waals surface area contributed by atoms with Gasteiger partial charge < -0.3 is 15.3 Å². The quantitative estimate of drug-likeness (QED) is 0.854. The predicted octanol–water partition coefficient (Wildman–Crippen LogP) is 1.70. The Bertz CT molecular complexity index is 473. The summed E-state index contributed by atoms with van der Waals surface area (Å²) in [7, 11) is 0. The van der Waals surface area contributed by atoms with Gasteiger partial charge in [0.05, 0.1) is 17.8 Å². The molecule has 0 saturated carbocycles. The number of aliphatic carboxylic acids is 1. The van der Waals surface area contributed by atoms with E-state index in [1.807, 2.05) is 36.1 Å². The number of para-hydroxylation sites is 2. The van der Waals surface area contributed by atoms with E-state index in [0.717, 1.165) is 11.4 Å². The molecule has 2 rings (SSSR count). The van der Waals surface area contributed by atoms with E-state index in [9.17, 15) is 9.59 Å². The van der Waals surface area contributed by atoms with Gasteiger partial charge in [0.1, 0.15) is 0 Å². The minimum absolute atomic E-state index is 0.00648. The van der Waals surface area contributed by atoms with E-state index in [1.54, 1.807) is 0 Å². The summed E-state index contributed by atoms with van der Waals surface area (Å²) in [5, 5.41) is 11.6. The molecular weight excluding hydrogens is 232 g/mol. The van der Waals surface area contributed by atoms with Crippen LogP contribution in [0, 0.1) is 0 Å². The third kappa shape index (κ3) is 2.61. The monoisotopic (exact) mass is 248 g/mol. The number of hydrogen-bond donors (Lipinski definition) is 2. The van der Waals surface area contributed by atoms with Crippen LogP contribution in [0.25, 0.3) is 0 Å². The van der Waals surface area contributed by atoms with E-state index < -0.39 is 5.97 Å². The lowest BCUT2D eigenvalue weighted by Gasteiger charge is -2.29. The molecule has 0 aliphatic carbocycles. The van der Waals surface area contributed by atoms with Crippen molar-refractivity contribution in [1.82, 2.24) is 0 Å². The molecule has 2 N–H and O–H groups in total. The first-order valence-corrected chi connectivity index (χ1v) is 5.95. The van der Waals surface area contributed by atoms with Crippen molar-refractivity contribution < 1.29 is 14.7 Å². The predicted molar refractivity (Wildman–Crippen MR) is 68.7 cm³/mol. The first kappa shape index (κ1) is 12.4. The van der Waals surface area contributed by atoms with Crippen LogP contribution in [0.5, 0.6) is 0 Å². The van der Waals surface area contributed by atoms with Gasteiger partial charge in [0.25, 0.3) is 0 Å². The Morgan fingerprint density at radius 1 is 1.50 bits per heavy atom. The van der Waals surface area contributed by atoms with Gasteiger partial charge in [0.2, 0.25) is 5.91 Å². The summed E-state index contributed by atoms with van der Waals surface area (Å²) in [5.74, 6) is -0.865. The van der Waals surface area contributed by atoms with Gasteiger partial charge in [-0.25, -0.2) is 0 Å². The van der Waals surface area contributed by atoms with Crippen LogP contribution in [0.3, 0.4) is 0 Å². The molecule has 18 heavy (non-hydrogen) atoms. The topological polar surface area (TPSA) is 69.6 Å². The molecule has 0 fully saturated rings. The van der Waals surface area contributed by atoms with Crippen molar-refractivity contribution in [3.05, 3.63) is 24.3 Å². The number of hydrogen-bond acceptors (Lipinski definition) is 3. The van der Waals surface area contributed by atoms with Crippen LogP contribution in [0.4, 0.5) is 11.4 Å². The Morgan fingerprint density at radius 3 is 2.94 bits per heavy atom. The fraction of sp³-hybridized carbons (Fsp3) is 0.385. The fourth-order valence-electron chi connectivity index (χ4n) is 2.20. The second-order valence-corrected chi connectivity index (χ2v) is 4.46. The number of nitrogens with zero attached hydrogens (tertiary/aromatic N) is 1. The highest BCUT2D eigenvalue weighted by Gasteiger charge is 2.24. The molecular formula is C13H16N2O3. The van der Waals surface area contributed by atoms with Crippen molar-refractivity contribution in [1.29, 1.82) is 0 Å². The maximum Gasteiger partial charge on any atom is 0.305 e. The van der Waals surface area contributed by atoms with Crippen LogP contribution in [0.15, 0.2) is 24.3 Å². The largest absolute Gasteiger partial charge is 0.481 e. The highest BCUT2D eigenvalue weighted by atomic mass is 16.4. The van der Waals surface area contributed by atoms with Crippen LogP contribution in [-0.4, -0.2) is 29.6 Å². The van der Waals surface area contributed by atoms with Crippen LogP contribution < -0.4 is 10.2 Å². The van der Waals surface area contributed by atoms with Gasteiger partial charge in [-0.2, -0.15) is 0 Å². The molecule has 5 nitrogen and oxygen atoms in total. The van der Waals surface area contributed by atoms with Crippen LogP contribution in [-0.2, 0) is 9.59 Å². The summed E-state index contributed by atoms with van der Waals surface area (Å²) < 4.78 is 0. The Morgan fingerprint density at radius 2 is 2.22 bits per heavy atom. The number of fused-ring (bicyclic) bond motifs is 1. The number of anilines is 2. The minimum atomic E-state index is -0.830. The lowest BCUT2D eigenvalue weighted by molar-refractivity contribution is -0.136. The number of carboxylic acid groups (broad SMARTS) is 1. The molecule has 0 spiro atoms. The maximum absolute atomic E-state index is 11.7. The highest BCUT2D eigenvalue weighted by Crippen LogP contribution is 2.31. The number of nitrogens with one attached hydrogen (secondary N) is 1. The van der Waals surface area contributed by atoms with Crippen molar-refractivity contribution in [2.45, 2.75) is 25.8 Å². The molecule has 0 bridgehead atoms. The number of carbonyl (C=O) groups is 2. The Hall–Kier alpha value is -2.04. The number of carbonyl (C=O) groups excluding carboxylic acids is 1. The SMILES string of the molecule is C[C@@H]1CC(=O)Nc2ccccc2N1CCC(=O)O. The average Bonchev–Trinajstić information content (AvgIpc) is 2.41. The molecule has 1 atom stereocenters. The van der Waals surface area contributed by atoms with E-state index in [4.69, 9.17) is 5.11 Å². The molecule has 0 unspecified atom stereocenters.